The van der Waals surface area contributed by atoms with Gasteiger partial charge in [0.15, 0.2) is 0 Å². The van der Waals surface area contributed by atoms with Gasteiger partial charge in [-0.15, -0.1) is 0 Å². The highest BCUT2D eigenvalue weighted by atomic mass is 16.3. The number of aliphatic hydroxyl groups is 1. The second kappa shape index (κ2) is 5.99. The van der Waals surface area contributed by atoms with Crippen LogP contribution in [0.2, 0.25) is 0 Å². The number of piperidine rings is 1. The predicted molar refractivity (Wildman–Crippen MR) is 68.3 cm³/mol. The lowest BCUT2D eigenvalue weighted by Crippen LogP contribution is -2.46. The minimum absolute atomic E-state index is 0.350. The molecule has 3 N–H and O–H groups in total. The summed E-state index contributed by atoms with van der Waals surface area (Å²) in [6, 6.07) is 0.438. The molecular formula is C13H28N2O. The summed E-state index contributed by atoms with van der Waals surface area (Å²) in [6.45, 7) is 9.04. The lowest BCUT2D eigenvalue weighted by molar-refractivity contribution is 0.0186. The van der Waals surface area contributed by atoms with Gasteiger partial charge in [-0.25, -0.2) is 0 Å². The largest absolute Gasteiger partial charge is 0.389 e. The summed E-state index contributed by atoms with van der Waals surface area (Å²) in [6.07, 6.45) is 4.72. The number of likely N-dealkylation sites (tertiary alicyclic amines) is 1. The van der Waals surface area contributed by atoms with Crippen molar-refractivity contribution in [3.05, 3.63) is 0 Å². The summed E-state index contributed by atoms with van der Waals surface area (Å²) in [4.78, 5) is 2.52. The Bertz CT molecular complexity index is 206. The summed E-state index contributed by atoms with van der Waals surface area (Å²) < 4.78 is 0. The van der Waals surface area contributed by atoms with Gasteiger partial charge in [0.1, 0.15) is 0 Å². The maximum absolute atomic E-state index is 10.00. The molecule has 1 fully saturated rings. The van der Waals surface area contributed by atoms with Crippen molar-refractivity contribution in [2.24, 2.45) is 11.7 Å². The minimum atomic E-state index is -0.710. The number of nitrogens with two attached hydrogens (primary N) is 1. The lowest BCUT2D eigenvalue weighted by atomic mass is 9.91. The van der Waals surface area contributed by atoms with Gasteiger partial charge in [-0.05, 0) is 45.6 Å². The molecule has 0 aromatic rings. The van der Waals surface area contributed by atoms with E-state index < -0.39 is 5.60 Å². The zero-order valence-electron chi connectivity index (χ0n) is 11.1. The van der Waals surface area contributed by atoms with E-state index in [-0.39, 0.29) is 0 Å². The molecule has 0 amide bonds. The van der Waals surface area contributed by atoms with Crippen molar-refractivity contribution in [3.63, 3.8) is 0 Å². The van der Waals surface area contributed by atoms with Crippen molar-refractivity contribution in [3.8, 4) is 0 Å². The molecule has 1 heterocycles. The first-order valence-electron chi connectivity index (χ1n) is 6.65. The van der Waals surface area contributed by atoms with Gasteiger partial charge in [-0.2, -0.15) is 0 Å². The van der Waals surface area contributed by atoms with Crippen LogP contribution < -0.4 is 5.73 Å². The molecule has 1 saturated heterocycles. The van der Waals surface area contributed by atoms with Gasteiger partial charge in [0, 0.05) is 19.1 Å². The Labute approximate surface area is 100 Å². The van der Waals surface area contributed by atoms with E-state index in [9.17, 15) is 5.11 Å². The molecular weight excluding hydrogens is 200 g/mol. The van der Waals surface area contributed by atoms with Gasteiger partial charge >= 0.3 is 0 Å². The highest BCUT2D eigenvalue weighted by molar-refractivity contribution is 4.83. The monoisotopic (exact) mass is 228 g/mol. The van der Waals surface area contributed by atoms with Crippen LogP contribution >= 0.6 is 0 Å². The van der Waals surface area contributed by atoms with Crippen molar-refractivity contribution >= 4 is 0 Å². The topological polar surface area (TPSA) is 49.5 Å². The minimum Gasteiger partial charge on any atom is -0.389 e. The molecule has 0 aliphatic carbocycles. The van der Waals surface area contributed by atoms with Crippen molar-refractivity contribution in [1.29, 1.82) is 0 Å². The summed E-state index contributed by atoms with van der Waals surface area (Å²) in [5, 5.41) is 10.00. The number of rotatable bonds is 5. The van der Waals surface area contributed by atoms with Crippen LogP contribution in [0.15, 0.2) is 0 Å². The Morgan fingerprint density at radius 2 is 2.25 bits per heavy atom. The van der Waals surface area contributed by atoms with Crippen molar-refractivity contribution < 1.29 is 5.11 Å². The first-order chi connectivity index (χ1) is 7.48. The summed E-state index contributed by atoms with van der Waals surface area (Å²) in [7, 11) is 0. The van der Waals surface area contributed by atoms with Crippen LogP contribution in [-0.2, 0) is 0 Å². The molecule has 3 heteroatoms. The molecule has 0 aromatic heterocycles. The molecule has 0 spiro atoms. The Balaban J connectivity index is 2.44. The predicted octanol–water partition coefficient (Wildman–Crippen LogP) is 1.60. The highest BCUT2D eigenvalue weighted by Gasteiger charge is 2.28. The third-order valence-electron chi connectivity index (χ3n) is 3.93. The average molecular weight is 228 g/mol. The smallest absolute Gasteiger partial charge is 0.0756 e. The first-order valence-corrected chi connectivity index (χ1v) is 6.65. The summed E-state index contributed by atoms with van der Waals surface area (Å²) >= 11 is 0. The molecule has 16 heavy (non-hydrogen) atoms. The fourth-order valence-corrected chi connectivity index (χ4v) is 2.68. The quantitative estimate of drug-likeness (QED) is 0.751. The van der Waals surface area contributed by atoms with Crippen LogP contribution in [0.25, 0.3) is 0 Å². The van der Waals surface area contributed by atoms with Gasteiger partial charge < -0.3 is 15.7 Å². The summed E-state index contributed by atoms with van der Waals surface area (Å²) in [5.74, 6) is 0.846. The van der Waals surface area contributed by atoms with Gasteiger partial charge in [0.25, 0.3) is 0 Å². The summed E-state index contributed by atoms with van der Waals surface area (Å²) in [5.41, 5.74) is 4.86. The molecule has 3 atom stereocenters. The first kappa shape index (κ1) is 13.9. The zero-order valence-corrected chi connectivity index (χ0v) is 11.1. The van der Waals surface area contributed by atoms with Crippen molar-refractivity contribution in [1.82, 2.24) is 4.90 Å². The van der Waals surface area contributed by atoms with E-state index in [1.165, 1.54) is 32.4 Å². The Morgan fingerprint density at radius 3 is 2.81 bits per heavy atom. The van der Waals surface area contributed by atoms with Gasteiger partial charge in [0.2, 0.25) is 0 Å². The molecule has 1 aliphatic rings. The molecule has 3 nitrogen and oxygen atoms in total. The second-order valence-electron chi connectivity index (χ2n) is 5.67. The van der Waals surface area contributed by atoms with Gasteiger partial charge in [-0.1, -0.05) is 13.3 Å². The molecule has 3 unspecified atom stereocenters. The van der Waals surface area contributed by atoms with E-state index in [2.05, 4.69) is 18.7 Å². The fourth-order valence-electron chi connectivity index (χ4n) is 2.68. The molecule has 0 aromatic carbocycles. The van der Waals surface area contributed by atoms with Crippen LogP contribution in [0.3, 0.4) is 0 Å². The maximum Gasteiger partial charge on any atom is 0.0756 e. The van der Waals surface area contributed by atoms with Crippen molar-refractivity contribution in [2.75, 3.05) is 19.6 Å². The number of hydrogen-bond acceptors (Lipinski definition) is 3. The average Bonchev–Trinajstić information content (AvgIpc) is 2.28. The van der Waals surface area contributed by atoms with Gasteiger partial charge in [-0.3, -0.25) is 0 Å². The normalized spacial score (nSPS) is 28.7. The Hall–Kier alpha value is -0.120. The Morgan fingerprint density at radius 1 is 1.56 bits per heavy atom. The fraction of sp³-hybridized carbons (Fsp3) is 1.00. The van der Waals surface area contributed by atoms with Crippen LogP contribution in [0, 0.1) is 5.92 Å². The molecule has 96 valence electrons. The van der Waals surface area contributed by atoms with E-state index in [0.29, 0.717) is 12.6 Å². The van der Waals surface area contributed by atoms with Crippen LogP contribution in [0.1, 0.15) is 46.5 Å². The van der Waals surface area contributed by atoms with Crippen LogP contribution in [-0.4, -0.2) is 41.3 Å². The molecule has 1 aliphatic heterocycles. The lowest BCUT2D eigenvalue weighted by Gasteiger charge is -2.39. The molecule has 0 saturated carbocycles. The maximum atomic E-state index is 10.00. The standard InChI is InChI=1S/C13H28N2O/c1-4-12-6-5-7-15(9-12)11(2)8-13(3,16)10-14/h11-12,16H,4-10,14H2,1-3H3. The number of hydrogen-bond donors (Lipinski definition) is 2. The highest BCUT2D eigenvalue weighted by Crippen LogP contribution is 2.23. The van der Waals surface area contributed by atoms with E-state index in [4.69, 9.17) is 5.73 Å². The molecule has 0 bridgehead atoms. The molecule has 1 rings (SSSR count). The molecule has 0 radical (unpaired) electrons. The number of nitrogens with zero attached hydrogens (tertiary/aromatic N) is 1. The SMILES string of the molecule is CCC1CCCN(C(C)CC(C)(O)CN)C1. The Kier molecular flexibility index (Phi) is 5.22. The zero-order chi connectivity index (χ0) is 12.2. The van der Waals surface area contributed by atoms with E-state index in [1.807, 2.05) is 6.92 Å². The third kappa shape index (κ3) is 4.04. The van der Waals surface area contributed by atoms with Crippen LogP contribution in [0.4, 0.5) is 0 Å². The third-order valence-corrected chi connectivity index (χ3v) is 3.93. The van der Waals surface area contributed by atoms with Crippen LogP contribution in [0.5, 0.6) is 0 Å². The van der Waals surface area contributed by atoms with E-state index in [0.717, 1.165) is 12.3 Å². The van der Waals surface area contributed by atoms with E-state index in [1.54, 1.807) is 0 Å². The second-order valence-corrected chi connectivity index (χ2v) is 5.67. The van der Waals surface area contributed by atoms with Crippen molar-refractivity contribution in [2.45, 2.75) is 58.1 Å². The van der Waals surface area contributed by atoms with Gasteiger partial charge in [0.05, 0.1) is 5.60 Å². The van der Waals surface area contributed by atoms with E-state index >= 15 is 0 Å².